The summed E-state index contributed by atoms with van der Waals surface area (Å²) < 4.78 is 50.0. The van der Waals surface area contributed by atoms with E-state index < -0.39 is 28.3 Å². The number of sulfonamides is 1. The Morgan fingerprint density at radius 1 is 1.13 bits per heavy atom. The minimum Gasteiger partial charge on any atom is -0.445 e. The van der Waals surface area contributed by atoms with Crippen molar-refractivity contribution in [3.05, 3.63) is 60.0 Å². The van der Waals surface area contributed by atoms with Crippen LogP contribution < -0.4 is 10.1 Å². The molecule has 2 bridgehead atoms. The molecule has 1 aromatic heterocycles. The van der Waals surface area contributed by atoms with Crippen molar-refractivity contribution in [3.8, 4) is 0 Å². The van der Waals surface area contributed by atoms with Crippen LogP contribution in [0.1, 0.15) is 38.1 Å². The Hall–Kier alpha value is -3.07. The summed E-state index contributed by atoms with van der Waals surface area (Å²) in [6.45, 7) is 7.03. The van der Waals surface area contributed by atoms with E-state index in [9.17, 15) is 18.3 Å². The highest BCUT2D eigenvalue weighted by Crippen LogP contribution is 2.49. The van der Waals surface area contributed by atoms with Gasteiger partial charge in [-0.3, -0.25) is 0 Å². The monoisotopic (exact) mass is 642 g/mol. The normalized spacial score (nSPS) is 25.6. The molecule has 0 radical (unpaired) electrons. The van der Waals surface area contributed by atoms with Gasteiger partial charge in [0.15, 0.2) is 17.8 Å². The highest BCUT2D eigenvalue weighted by atomic mass is 32.2. The number of carbonyl (C=O) groups excluding carboxylic acids is 1. The largest absolute Gasteiger partial charge is 0.445 e. The van der Waals surface area contributed by atoms with Crippen molar-refractivity contribution in [1.82, 2.24) is 20.1 Å². The molecule has 1 saturated carbocycles. The number of hydrogen-bond acceptors (Lipinski definition) is 10. The van der Waals surface area contributed by atoms with Gasteiger partial charge in [-0.1, -0.05) is 44.2 Å². The van der Waals surface area contributed by atoms with Crippen LogP contribution in [0.2, 0.25) is 0 Å². The molecule has 45 heavy (non-hydrogen) atoms. The zero-order valence-corrected chi connectivity index (χ0v) is 26.6. The van der Waals surface area contributed by atoms with Crippen molar-refractivity contribution in [1.29, 1.82) is 0 Å². The molecule has 2 saturated heterocycles. The van der Waals surface area contributed by atoms with Crippen LogP contribution in [-0.4, -0.2) is 80.5 Å². The minimum absolute atomic E-state index is 0.0266. The van der Waals surface area contributed by atoms with Gasteiger partial charge in [0.2, 0.25) is 0 Å². The van der Waals surface area contributed by atoms with E-state index in [1.54, 1.807) is 13.0 Å². The maximum absolute atomic E-state index is 13.5. The van der Waals surface area contributed by atoms with E-state index in [4.69, 9.17) is 18.6 Å². The second-order valence-electron chi connectivity index (χ2n) is 12.8. The Labute approximate surface area is 263 Å². The number of hydrogen-bond donors (Lipinski definition) is 3. The number of hydrazine groups is 1. The van der Waals surface area contributed by atoms with Gasteiger partial charge in [0.25, 0.3) is 10.0 Å². The number of nitrogens with one attached hydrogen (secondary N) is 2. The molecule has 1 amide bonds. The molecule has 6 rings (SSSR count). The number of rotatable bonds is 13. The predicted molar refractivity (Wildman–Crippen MR) is 164 cm³/mol. The molecule has 5 unspecified atom stereocenters. The number of aliphatic hydroxyl groups excluding tert-OH is 1. The molecule has 3 fully saturated rings. The summed E-state index contributed by atoms with van der Waals surface area (Å²) in [4.78, 5) is 20.3. The SMILES string of the molecule is Cc1nc2cc(S(=O)(=O)NN(CCC(C)C)C[C@@H](O)[C@H](Cc3ccccc3)NC(=O)OC3C4COC5OCC3C5C4)ccc2o1. The lowest BCUT2D eigenvalue weighted by Crippen LogP contribution is -2.54. The Balaban J connectivity index is 1.17. The standard InChI is InChI=1S/C32H42N4O8S/c1-19(2)11-12-36(35-45(39,40)23-9-10-29-27(15-23)33-20(3)43-29)16-28(37)26(13-21-7-5-4-6-8-21)34-32(38)44-30-22-14-24-25(30)18-42-31(24)41-17-22/h4-10,15,19,22,24-26,28,30-31,35,37H,11-14,16-18H2,1-3H3,(H,34,38)/t22?,24?,25?,26-,28+,30?,31?/m0/s1. The molecule has 3 aliphatic rings. The van der Waals surface area contributed by atoms with Crippen molar-refractivity contribution < 1.29 is 36.9 Å². The van der Waals surface area contributed by atoms with E-state index in [2.05, 4.69) is 15.1 Å². The number of nitrogens with zero attached hydrogens (tertiary/aromatic N) is 2. The highest BCUT2D eigenvalue weighted by Gasteiger charge is 2.56. The molecular formula is C32H42N4O8S. The van der Waals surface area contributed by atoms with Crippen LogP contribution >= 0.6 is 0 Å². The molecule has 7 atom stereocenters. The number of fused-ring (bicyclic) bond motifs is 2. The van der Waals surface area contributed by atoms with Gasteiger partial charge in [0.1, 0.15) is 11.6 Å². The number of oxazole rings is 1. The van der Waals surface area contributed by atoms with Crippen molar-refractivity contribution in [2.45, 2.75) is 69.5 Å². The fourth-order valence-corrected chi connectivity index (χ4v) is 7.79. The van der Waals surface area contributed by atoms with Gasteiger partial charge in [-0.15, -0.1) is 4.83 Å². The number of ether oxygens (including phenoxy) is 3. The Morgan fingerprint density at radius 3 is 2.69 bits per heavy atom. The van der Waals surface area contributed by atoms with Crippen LogP contribution in [-0.2, 0) is 30.7 Å². The first-order valence-electron chi connectivity index (χ1n) is 15.6. The van der Waals surface area contributed by atoms with Gasteiger partial charge in [-0.2, -0.15) is 0 Å². The van der Waals surface area contributed by atoms with Crippen molar-refractivity contribution in [2.24, 2.45) is 23.7 Å². The molecule has 244 valence electrons. The summed E-state index contributed by atoms with van der Waals surface area (Å²) in [6, 6.07) is 13.3. The molecule has 3 heterocycles. The second-order valence-corrected chi connectivity index (χ2v) is 14.5. The zero-order valence-electron chi connectivity index (χ0n) is 25.8. The number of benzene rings is 2. The Morgan fingerprint density at radius 2 is 1.91 bits per heavy atom. The Bertz CT molecular complexity index is 1580. The topological polar surface area (TPSA) is 152 Å². The molecule has 0 spiro atoms. The highest BCUT2D eigenvalue weighted by molar-refractivity contribution is 7.89. The van der Waals surface area contributed by atoms with Gasteiger partial charge in [-0.25, -0.2) is 23.2 Å². The molecular weight excluding hydrogens is 600 g/mol. The first-order chi connectivity index (χ1) is 21.6. The maximum Gasteiger partial charge on any atom is 0.407 e. The first-order valence-corrected chi connectivity index (χ1v) is 17.1. The van der Waals surface area contributed by atoms with Gasteiger partial charge >= 0.3 is 6.09 Å². The lowest BCUT2D eigenvalue weighted by atomic mass is 9.98. The molecule has 13 heteroatoms. The lowest BCUT2D eigenvalue weighted by Gasteiger charge is -2.31. The third kappa shape index (κ3) is 7.34. The molecule has 3 aromatic rings. The Kier molecular flexibility index (Phi) is 9.46. The van der Waals surface area contributed by atoms with E-state index in [0.717, 1.165) is 12.0 Å². The number of amides is 1. The second kappa shape index (κ2) is 13.3. The van der Waals surface area contributed by atoms with Crippen LogP contribution in [0.15, 0.2) is 57.8 Å². The first kappa shape index (κ1) is 31.9. The number of aryl methyl sites for hydroxylation is 1. The summed E-state index contributed by atoms with van der Waals surface area (Å²) in [5.74, 6) is 1.15. The average Bonchev–Trinajstić information content (AvgIpc) is 3.66. The van der Waals surface area contributed by atoms with Crippen LogP contribution in [0.4, 0.5) is 4.79 Å². The third-order valence-electron chi connectivity index (χ3n) is 9.01. The van der Waals surface area contributed by atoms with Gasteiger partial charge < -0.3 is 29.1 Å². The number of aliphatic hydroxyl groups is 1. The van der Waals surface area contributed by atoms with Gasteiger partial charge in [0, 0.05) is 37.8 Å². The minimum atomic E-state index is -4.02. The fraction of sp³-hybridized carbons (Fsp3) is 0.562. The summed E-state index contributed by atoms with van der Waals surface area (Å²) in [7, 11) is -4.02. The van der Waals surface area contributed by atoms with E-state index in [-0.39, 0.29) is 47.5 Å². The molecule has 3 N–H and O–H groups in total. The molecule has 2 aliphatic heterocycles. The zero-order chi connectivity index (χ0) is 31.7. The number of alkyl carbamates (subject to hydrolysis) is 1. The maximum atomic E-state index is 13.5. The molecule has 12 nitrogen and oxygen atoms in total. The van der Waals surface area contributed by atoms with Crippen molar-refractivity contribution in [2.75, 3.05) is 26.3 Å². The predicted octanol–water partition coefficient (Wildman–Crippen LogP) is 3.38. The summed E-state index contributed by atoms with van der Waals surface area (Å²) in [5, 5.41) is 16.0. The van der Waals surface area contributed by atoms with Crippen LogP contribution in [0.3, 0.4) is 0 Å². The van der Waals surface area contributed by atoms with E-state index in [1.807, 2.05) is 44.2 Å². The van der Waals surface area contributed by atoms with Crippen LogP contribution in [0.25, 0.3) is 11.1 Å². The summed E-state index contributed by atoms with van der Waals surface area (Å²) in [5.41, 5.74) is 1.84. The number of aromatic nitrogens is 1. The lowest BCUT2D eigenvalue weighted by molar-refractivity contribution is -0.169. The van der Waals surface area contributed by atoms with E-state index >= 15 is 0 Å². The van der Waals surface area contributed by atoms with E-state index in [0.29, 0.717) is 49.6 Å². The van der Waals surface area contributed by atoms with Crippen LogP contribution in [0.5, 0.6) is 0 Å². The van der Waals surface area contributed by atoms with Crippen LogP contribution in [0, 0.1) is 30.6 Å². The smallest absolute Gasteiger partial charge is 0.407 e. The number of carbonyl (C=O) groups is 1. The quantitative estimate of drug-likeness (QED) is 0.237. The molecule has 1 aliphatic carbocycles. The van der Waals surface area contributed by atoms with Gasteiger partial charge in [-0.05, 0) is 48.9 Å². The van der Waals surface area contributed by atoms with Gasteiger partial charge in [0.05, 0.1) is 30.3 Å². The molecule has 2 aromatic carbocycles. The van der Waals surface area contributed by atoms with Crippen molar-refractivity contribution >= 4 is 27.2 Å². The average molecular weight is 643 g/mol. The third-order valence-corrected chi connectivity index (χ3v) is 10.4. The summed E-state index contributed by atoms with van der Waals surface area (Å²) in [6.07, 6.45) is -0.419. The van der Waals surface area contributed by atoms with E-state index in [1.165, 1.54) is 17.1 Å². The van der Waals surface area contributed by atoms with Crippen molar-refractivity contribution in [3.63, 3.8) is 0 Å². The fourth-order valence-electron chi connectivity index (χ4n) is 6.66. The summed E-state index contributed by atoms with van der Waals surface area (Å²) >= 11 is 0.